The van der Waals surface area contributed by atoms with Gasteiger partial charge in [-0.3, -0.25) is 9.59 Å². The summed E-state index contributed by atoms with van der Waals surface area (Å²) in [6, 6.07) is 17.9. The van der Waals surface area contributed by atoms with Crippen LogP contribution in [0, 0.1) is 0 Å². The Kier molecular flexibility index (Phi) is 9.81. The highest BCUT2D eigenvalue weighted by Gasteiger charge is 2.42. The summed E-state index contributed by atoms with van der Waals surface area (Å²) >= 11 is 1.57. The summed E-state index contributed by atoms with van der Waals surface area (Å²) in [7, 11) is 0. The number of nitrogens with zero attached hydrogens (tertiary/aromatic N) is 1. The van der Waals surface area contributed by atoms with Gasteiger partial charge in [0.1, 0.15) is 23.4 Å². The standard InChI is InChI=1S/C32H39N3O5S/c1-32(2,3)40-31(39)34-27(17-18-41-4)30(38)35(25-12-8-13-25)28(23-11-7-14-26(36)20-23)29(37)33-24-16-15-21-9-5-6-10-22(21)19-24/h5-7,9-11,14-16,19-20,25,27-28,36H,8,12-13,17-18H2,1-4H3,(H,33,37)(H,34,39). The maximum absolute atomic E-state index is 14.3. The second kappa shape index (κ2) is 13.3. The molecule has 0 bridgehead atoms. The molecule has 1 saturated carbocycles. The van der Waals surface area contributed by atoms with Gasteiger partial charge in [-0.1, -0.05) is 42.5 Å². The van der Waals surface area contributed by atoms with Crippen molar-refractivity contribution in [3.63, 3.8) is 0 Å². The fourth-order valence-corrected chi connectivity index (χ4v) is 5.39. The van der Waals surface area contributed by atoms with E-state index in [-0.39, 0.29) is 17.7 Å². The zero-order valence-electron chi connectivity index (χ0n) is 24.1. The Hall–Kier alpha value is -3.72. The van der Waals surface area contributed by atoms with Crippen molar-refractivity contribution >= 4 is 46.1 Å². The highest BCUT2D eigenvalue weighted by Crippen LogP contribution is 2.35. The lowest BCUT2D eigenvalue weighted by molar-refractivity contribution is -0.145. The lowest BCUT2D eigenvalue weighted by Gasteiger charge is -2.43. The van der Waals surface area contributed by atoms with Crippen molar-refractivity contribution in [2.24, 2.45) is 0 Å². The molecule has 0 aliphatic heterocycles. The third-order valence-electron chi connectivity index (χ3n) is 7.05. The van der Waals surface area contributed by atoms with Crippen LogP contribution in [0.1, 0.15) is 58.1 Å². The number of nitrogens with one attached hydrogen (secondary N) is 2. The van der Waals surface area contributed by atoms with Gasteiger partial charge in [0.05, 0.1) is 0 Å². The molecule has 0 heterocycles. The summed E-state index contributed by atoms with van der Waals surface area (Å²) < 4.78 is 5.46. The molecule has 0 aromatic heterocycles. The molecule has 3 aromatic rings. The van der Waals surface area contributed by atoms with Crippen LogP contribution in [0.5, 0.6) is 5.75 Å². The first-order chi connectivity index (χ1) is 19.6. The Bertz CT molecular complexity index is 1390. The first-order valence-corrected chi connectivity index (χ1v) is 15.3. The van der Waals surface area contributed by atoms with E-state index in [0.717, 1.165) is 30.0 Å². The summed E-state index contributed by atoms with van der Waals surface area (Å²) in [6.07, 6.45) is 4.05. The van der Waals surface area contributed by atoms with Crippen molar-refractivity contribution < 1.29 is 24.2 Å². The molecule has 0 saturated heterocycles. The molecule has 41 heavy (non-hydrogen) atoms. The van der Waals surface area contributed by atoms with E-state index in [1.54, 1.807) is 49.6 Å². The number of amides is 3. The number of carbonyl (C=O) groups is 3. The molecule has 218 valence electrons. The lowest BCUT2D eigenvalue weighted by atomic mass is 9.88. The van der Waals surface area contributed by atoms with Crippen LogP contribution in [0.4, 0.5) is 10.5 Å². The van der Waals surface area contributed by atoms with Gasteiger partial charge in [0, 0.05) is 11.7 Å². The first kappa shape index (κ1) is 30.2. The second-order valence-corrected chi connectivity index (χ2v) is 12.3. The molecular weight excluding hydrogens is 538 g/mol. The van der Waals surface area contributed by atoms with Crippen LogP contribution in [-0.4, -0.2) is 57.6 Å². The Balaban J connectivity index is 1.70. The number of fused-ring (bicyclic) bond motifs is 1. The minimum absolute atomic E-state index is 0.00201. The SMILES string of the molecule is CSCCC(NC(=O)OC(C)(C)C)C(=O)N(C1CCC1)C(C(=O)Nc1ccc2ccccc2c1)c1cccc(O)c1. The minimum Gasteiger partial charge on any atom is -0.508 e. The van der Waals surface area contributed by atoms with E-state index < -0.39 is 29.7 Å². The summed E-state index contributed by atoms with van der Waals surface area (Å²) in [6.45, 7) is 5.29. The summed E-state index contributed by atoms with van der Waals surface area (Å²) in [5, 5.41) is 18.1. The van der Waals surface area contributed by atoms with E-state index >= 15 is 0 Å². The zero-order valence-corrected chi connectivity index (χ0v) is 24.9. The average molecular weight is 578 g/mol. The van der Waals surface area contributed by atoms with Crippen molar-refractivity contribution in [2.45, 2.75) is 70.2 Å². The molecule has 1 aliphatic rings. The third-order valence-corrected chi connectivity index (χ3v) is 7.70. The number of thioether (sulfide) groups is 1. The molecule has 0 radical (unpaired) electrons. The fraction of sp³-hybridized carbons (Fsp3) is 0.406. The number of benzene rings is 3. The Morgan fingerprint density at radius 1 is 1.02 bits per heavy atom. The number of phenols is 1. The van der Waals surface area contributed by atoms with E-state index in [2.05, 4.69) is 10.6 Å². The van der Waals surface area contributed by atoms with Crippen LogP contribution < -0.4 is 10.6 Å². The van der Waals surface area contributed by atoms with Crippen LogP contribution in [0.25, 0.3) is 10.8 Å². The highest BCUT2D eigenvalue weighted by atomic mass is 32.2. The van der Waals surface area contributed by atoms with Crippen LogP contribution >= 0.6 is 11.8 Å². The van der Waals surface area contributed by atoms with Crippen LogP contribution in [-0.2, 0) is 14.3 Å². The molecular formula is C32H39N3O5S. The fourth-order valence-electron chi connectivity index (χ4n) is 4.92. The molecule has 3 amide bonds. The number of ether oxygens (including phenoxy) is 1. The van der Waals surface area contributed by atoms with Crippen molar-refractivity contribution in [1.29, 1.82) is 0 Å². The molecule has 8 nitrogen and oxygen atoms in total. The molecule has 1 aliphatic carbocycles. The molecule has 2 atom stereocenters. The van der Waals surface area contributed by atoms with Gasteiger partial charge in [-0.15, -0.1) is 0 Å². The predicted molar refractivity (Wildman–Crippen MR) is 164 cm³/mol. The van der Waals surface area contributed by atoms with E-state index in [9.17, 15) is 19.5 Å². The largest absolute Gasteiger partial charge is 0.508 e. The van der Waals surface area contributed by atoms with Crippen molar-refractivity contribution in [3.8, 4) is 5.75 Å². The Morgan fingerprint density at radius 3 is 2.39 bits per heavy atom. The number of rotatable bonds is 10. The zero-order chi connectivity index (χ0) is 29.6. The maximum atomic E-state index is 14.3. The number of alkyl carbamates (subject to hydrolysis) is 1. The number of carbonyl (C=O) groups excluding carboxylic acids is 3. The minimum atomic E-state index is -1.02. The van der Waals surface area contributed by atoms with Crippen LogP contribution in [0.3, 0.4) is 0 Å². The van der Waals surface area contributed by atoms with Gasteiger partial charge in [-0.05, 0) is 99.1 Å². The molecule has 9 heteroatoms. The average Bonchev–Trinajstić information content (AvgIpc) is 2.88. The van der Waals surface area contributed by atoms with E-state index in [1.807, 2.05) is 48.7 Å². The lowest BCUT2D eigenvalue weighted by Crippen LogP contribution is -2.57. The van der Waals surface area contributed by atoms with E-state index in [0.29, 0.717) is 23.4 Å². The van der Waals surface area contributed by atoms with Gasteiger partial charge in [0.15, 0.2) is 0 Å². The van der Waals surface area contributed by atoms with E-state index in [4.69, 9.17) is 4.74 Å². The van der Waals surface area contributed by atoms with Crippen molar-refractivity contribution in [1.82, 2.24) is 10.2 Å². The second-order valence-electron chi connectivity index (χ2n) is 11.4. The molecule has 3 aromatic carbocycles. The summed E-state index contributed by atoms with van der Waals surface area (Å²) in [5.74, 6) is -0.119. The molecule has 2 unspecified atom stereocenters. The molecule has 3 N–H and O–H groups in total. The quantitative estimate of drug-likeness (QED) is 0.263. The van der Waals surface area contributed by atoms with Crippen LogP contribution in [0.15, 0.2) is 66.7 Å². The summed E-state index contributed by atoms with van der Waals surface area (Å²) in [4.78, 5) is 42.8. The summed E-state index contributed by atoms with van der Waals surface area (Å²) in [5.41, 5.74) is 0.365. The highest BCUT2D eigenvalue weighted by molar-refractivity contribution is 7.98. The van der Waals surface area contributed by atoms with Crippen LogP contribution in [0.2, 0.25) is 0 Å². The third kappa shape index (κ3) is 7.94. The van der Waals surface area contributed by atoms with Gasteiger partial charge in [-0.25, -0.2) is 4.79 Å². The van der Waals surface area contributed by atoms with Gasteiger partial charge in [0.25, 0.3) is 5.91 Å². The van der Waals surface area contributed by atoms with Crippen molar-refractivity contribution in [2.75, 3.05) is 17.3 Å². The predicted octanol–water partition coefficient (Wildman–Crippen LogP) is 6.25. The van der Waals surface area contributed by atoms with Crippen molar-refractivity contribution in [3.05, 3.63) is 72.3 Å². The first-order valence-electron chi connectivity index (χ1n) is 13.9. The number of hydrogen-bond acceptors (Lipinski definition) is 6. The molecule has 1 fully saturated rings. The molecule has 4 rings (SSSR count). The van der Waals surface area contributed by atoms with Gasteiger partial charge in [0.2, 0.25) is 5.91 Å². The van der Waals surface area contributed by atoms with E-state index in [1.165, 1.54) is 12.1 Å². The monoisotopic (exact) mass is 577 g/mol. The normalized spacial score (nSPS) is 14.9. The van der Waals surface area contributed by atoms with Gasteiger partial charge >= 0.3 is 6.09 Å². The number of phenolic OH excluding ortho intramolecular Hbond substituents is 1. The Morgan fingerprint density at radius 2 is 1.76 bits per heavy atom. The number of aromatic hydroxyl groups is 1. The Labute approximate surface area is 245 Å². The molecule has 0 spiro atoms. The number of hydrogen-bond donors (Lipinski definition) is 3. The van der Waals surface area contributed by atoms with Gasteiger partial charge < -0.3 is 25.4 Å². The van der Waals surface area contributed by atoms with Gasteiger partial charge in [-0.2, -0.15) is 11.8 Å². The maximum Gasteiger partial charge on any atom is 0.408 e. The smallest absolute Gasteiger partial charge is 0.408 e. The number of anilines is 1. The topological polar surface area (TPSA) is 108 Å².